The number of nitrogens with zero attached hydrogens (tertiary/aromatic N) is 1. The molecule has 1 aliphatic heterocycles. The fraction of sp³-hybridized carbons (Fsp3) is 0.562. The lowest BCUT2D eigenvalue weighted by Crippen LogP contribution is -2.44. The van der Waals surface area contributed by atoms with Crippen LogP contribution in [0.3, 0.4) is 0 Å². The van der Waals surface area contributed by atoms with Gasteiger partial charge in [-0.1, -0.05) is 31.0 Å². The Labute approximate surface area is 115 Å². The van der Waals surface area contributed by atoms with Gasteiger partial charge in [-0.25, -0.2) is 0 Å². The number of para-hydroxylation sites is 1. The molecule has 0 bridgehead atoms. The highest BCUT2D eigenvalue weighted by Crippen LogP contribution is 2.30. The van der Waals surface area contributed by atoms with Gasteiger partial charge < -0.3 is 10.2 Å². The first-order valence-electron chi connectivity index (χ1n) is 7.38. The molecule has 1 atom stereocenters. The van der Waals surface area contributed by atoms with E-state index >= 15 is 0 Å². The van der Waals surface area contributed by atoms with E-state index in [9.17, 15) is 4.79 Å². The summed E-state index contributed by atoms with van der Waals surface area (Å²) >= 11 is 0. The van der Waals surface area contributed by atoms with Crippen molar-refractivity contribution in [2.24, 2.45) is 5.92 Å². The van der Waals surface area contributed by atoms with E-state index in [0.717, 1.165) is 18.8 Å². The first-order chi connectivity index (χ1) is 9.25. The van der Waals surface area contributed by atoms with Crippen LogP contribution in [0.4, 0.5) is 5.69 Å². The molecule has 0 aromatic heterocycles. The summed E-state index contributed by atoms with van der Waals surface area (Å²) < 4.78 is 0. The number of benzene rings is 1. The summed E-state index contributed by atoms with van der Waals surface area (Å²) in [6, 6.07) is 8.20. The van der Waals surface area contributed by atoms with Crippen LogP contribution in [0, 0.1) is 5.92 Å². The average molecular weight is 258 g/mol. The number of hydrogen-bond acceptors (Lipinski definition) is 2. The molecule has 1 N–H and O–H groups in total. The van der Waals surface area contributed by atoms with Gasteiger partial charge in [0.15, 0.2) is 0 Å². The molecule has 1 amide bonds. The quantitative estimate of drug-likeness (QED) is 0.884. The standard InChI is InChI=1S/C16H22N2O/c1-12-16(19)18(11-13-6-2-3-7-13)15-9-5-4-8-14(15)10-17-12/h4-5,8-9,12-13,17H,2-3,6-7,10-11H2,1H3. The Kier molecular flexibility index (Phi) is 3.56. The van der Waals surface area contributed by atoms with Crippen molar-refractivity contribution in [3.63, 3.8) is 0 Å². The third kappa shape index (κ3) is 2.52. The number of fused-ring (bicyclic) bond motifs is 1. The molecule has 19 heavy (non-hydrogen) atoms. The highest BCUT2D eigenvalue weighted by molar-refractivity contribution is 5.98. The van der Waals surface area contributed by atoms with Crippen molar-refractivity contribution < 1.29 is 4.79 Å². The Hall–Kier alpha value is -1.35. The summed E-state index contributed by atoms with van der Waals surface area (Å²) in [4.78, 5) is 14.6. The number of amides is 1. The van der Waals surface area contributed by atoms with Crippen LogP contribution in [0.15, 0.2) is 24.3 Å². The minimum atomic E-state index is -0.0891. The third-order valence-electron chi connectivity index (χ3n) is 4.43. The van der Waals surface area contributed by atoms with Crippen molar-refractivity contribution in [3.8, 4) is 0 Å². The molecular formula is C16H22N2O. The predicted octanol–water partition coefficient (Wildman–Crippen LogP) is 2.70. The Balaban J connectivity index is 1.90. The second kappa shape index (κ2) is 5.33. The summed E-state index contributed by atoms with van der Waals surface area (Å²) in [6.45, 7) is 3.64. The van der Waals surface area contributed by atoms with E-state index < -0.39 is 0 Å². The highest BCUT2D eigenvalue weighted by atomic mass is 16.2. The molecule has 1 saturated carbocycles. The zero-order chi connectivity index (χ0) is 13.2. The molecular weight excluding hydrogens is 236 g/mol. The lowest BCUT2D eigenvalue weighted by atomic mass is 10.1. The van der Waals surface area contributed by atoms with Crippen LogP contribution in [0.25, 0.3) is 0 Å². The van der Waals surface area contributed by atoms with Crippen molar-refractivity contribution in [1.29, 1.82) is 0 Å². The van der Waals surface area contributed by atoms with Gasteiger partial charge in [0.2, 0.25) is 5.91 Å². The summed E-state index contributed by atoms with van der Waals surface area (Å²) in [5, 5.41) is 3.31. The van der Waals surface area contributed by atoms with E-state index in [4.69, 9.17) is 0 Å². The van der Waals surface area contributed by atoms with E-state index in [2.05, 4.69) is 23.5 Å². The summed E-state index contributed by atoms with van der Waals surface area (Å²) in [5.74, 6) is 0.902. The van der Waals surface area contributed by atoms with Gasteiger partial charge in [-0.05, 0) is 37.3 Å². The number of hydrogen-bond donors (Lipinski definition) is 1. The molecule has 1 aromatic carbocycles. The number of rotatable bonds is 2. The van der Waals surface area contributed by atoms with Crippen molar-refractivity contribution >= 4 is 11.6 Å². The van der Waals surface area contributed by atoms with Crippen LogP contribution in [0.5, 0.6) is 0 Å². The van der Waals surface area contributed by atoms with Gasteiger partial charge in [0.1, 0.15) is 0 Å². The number of anilines is 1. The van der Waals surface area contributed by atoms with E-state index in [-0.39, 0.29) is 11.9 Å². The Morgan fingerprint density at radius 2 is 2.00 bits per heavy atom. The van der Waals surface area contributed by atoms with Crippen molar-refractivity contribution in [2.75, 3.05) is 11.4 Å². The third-order valence-corrected chi connectivity index (χ3v) is 4.43. The zero-order valence-electron chi connectivity index (χ0n) is 11.6. The molecule has 0 radical (unpaired) electrons. The van der Waals surface area contributed by atoms with Crippen LogP contribution in [0.2, 0.25) is 0 Å². The lowest BCUT2D eigenvalue weighted by Gasteiger charge is -2.27. The van der Waals surface area contributed by atoms with Gasteiger partial charge >= 0.3 is 0 Å². The van der Waals surface area contributed by atoms with Gasteiger partial charge in [-0.3, -0.25) is 4.79 Å². The second-order valence-electron chi connectivity index (χ2n) is 5.83. The maximum Gasteiger partial charge on any atom is 0.243 e. The molecule has 3 nitrogen and oxygen atoms in total. The molecule has 102 valence electrons. The first kappa shape index (κ1) is 12.7. The molecule has 1 fully saturated rings. The monoisotopic (exact) mass is 258 g/mol. The molecule has 1 heterocycles. The second-order valence-corrected chi connectivity index (χ2v) is 5.83. The maximum absolute atomic E-state index is 12.6. The van der Waals surface area contributed by atoms with Crippen LogP contribution in [-0.2, 0) is 11.3 Å². The van der Waals surface area contributed by atoms with Gasteiger partial charge in [0.25, 0.3) is 0 Å². The highest BCUT2D eigenvalue weighted by Gasteiger charge is 2.29. The zero-order valence-corrected chi connectivity index (χ0v) is 11.6. The van der Waals surface area contributed by atoms with Crippen LogP contribution < -0.4 is 10.2 Å². The largest absolute Gasteiger partial charge is 0.310 e. The SMILES string of the molecule is CC1NCc2ccccc2N(CC2CCCC2)C1=O. The van der Waals surface area contributed by atoms with Gasteiger partial charge in [-0.2, -0.15) is 0 Å². The van der Waals surface area contributed by atoms with E-state index in [0.29, 0.717) is 5.92 Å². The normalized spacial score (nSPS) is 24.4. The van der Waals surface area contributed by atoms with Crippen molar-refractivity contribution in [2.45, 2.75) is 45.2 Å². The van der Waals surface area contributed by atoms with E-state index in [1.165, 1.54) is 31.2 Å². The Morgan fingerprint density at radius 1 is 1.26 bits per heavy atom. The van der Waals surface area contributed by atoms with Crippen LogP contribution in [-0.4, -0.2) is 18.5 Å². The fourth-order valence-electron chi connectivity index (χ4n) is 3.27. The number of carbonyl (C=O) groups excluding carboxylic acids is 1. The van der Waals surface area contributed by atoms with Gasteiger partial charge in [0.05, 0.1) is 6.04 Å². The molecule has 3 rings (SSSR count). The summed E-state index contributed by atoms with van der Waals surface area (Å²) in [5.41, 5.74) is 2.34. The topological polar surface area (TPSA) is 32.3 Å². The van der Waals surface area contributed by atoms with E-state index in [1.807, 2.05) is 17.9 Å². The minimum absolute atomic E-state index is 0.0891. The molecule has 2 aliphatic rings. The van der Waals surface area contributed by atoms with Crippen molar-refractivity contribution in [1.82, 2.24) is 5.32 Å². The lowest BCUT2D eigenvalue weighted by molar-refractivity contribution is -0.120. The Bertz CT molecular complexity index is 466. The minimum Gasteiger partial charge on any atom is -0.310 e. The van der Waals surface area contributed by atoms with E-state index in [1.54, 1.807) is 0 Å². The smallest absolute Gasteiger partial charge is 0.243 e. The van der Waals surface area contributed by atoms with Crippen LogP contribution >= 0.6 is 0 Å². The number of carbonyl (C=O) groups is 1. The molecule has 1 aromatic rings. The molecule has 0 saturated heterocycles. The molecule has 3 heteroatoms. The fourth-order valence-corrected chi connectivity index (χ4v) is 3.27. The summed E-state index contributed by atoms with van der Waals surface area (Å²) in [6.07, 6.45) is 5.19. The number of nitrogens with one attached hydrogen (secondary N) is 1. The van der Waals surface area contributed by atoms with Gasteiger partial charge in [0, 0.05) is 18.8 Å². The van der Waals surface area contributed by atoms with Gasteiger partial charge in [-0.15, -0.1) is 0 Å². The molecule has 1 aliphatic carbocycles. The summed E-state index contributed by atoms with van der Waals surface area (Å²) in [7, 11) is 0. The predicted molar refractivity (Wildman–Crippen MR) is 77.1 cm³/mol. The van der Waals surface area contributed by atoms with Crippen molar-refractivity contribution in [3.05, 3.63) is 29.8 Å². The first-order valence-corrected chi connectivity index (χ1v) is 7.38. The maximum atomic E-state index is 12.6. The average Bonchev–Trinajstić information content (AvgIpc) is 2.91. The Morgan fingerprint density at radius 3 is 2.79 bits per heavy atom. The van der Waals surface area contributed by atoms with Crippen LogP contribution in [0.1, 0.15) is 38.2 Å². The molecule has 1 unspecified atom stereocenters. The molecule has 0 spiro atoms.